The van der Waals surface area contributed by atoms with Gasteiger partial charge < -0.3 is 14.8 Å². The lowest BCUT2D eigenvalue weighted by Crippen LogP contribution is -2.38. The first-order chi connectivity index (χ1) is 11.0. The van der Waals surface area contributed by atoms with Crippen molar-refractivity contribution in [2.45, 2.75) is 96.7 Å². The molecule has 0 aromatic heterocycles. The van der Waals surface area contributed by atoms with E-state index in [1.54, 1.807) is 0 Å². The van der Waals surface area contributed by atoms with Crippen LogP contribution in [-0.4, -0.2) is 37.4 Å². The van der Waals surface area contributed by atoms with Gasteiger partial charge in [-0.2, -0.15) is 0 Å². The Labute approximate surface area is 142 Å². The van der Waals surface area contributed by atoms with Crippen LogP contribution in [0.5, 0.6) is 0 Å². The van der Waals surface area contributed by atoms with Crippen LogP contribution in [0.1, 0.15) is 85.0 Å². The van der Waals surface area contributed by atoms with Crippen LogP contribution in [0.15, 0.2) is 0 Å². The third-order valence-corrected chi connectivity index (χ3v) is 4.08. The van der Waals surface area contributed by atoms with Gasteiger partial charge in [0.05, 0.1) is 12.7 Å². The molecule has 0 aliphatic carbocycles. The molecular formula is C19H37NO3. The van der Waals surface area contributed by atoms with Crippen LogP contribution in [0.3, 0.4) is 0 Å². The Balaban J connectivity index is 1.80. The molecule has 0 amide bonds. The van der Waals surface area contributed by atoms with E-state index in [1.807, 2.05) is 20.8 Å². The summed E-state index contributed by atoms with van der Waals surface area (Å²) in [6.45, 7) is 8.65. The summed E-state index contributed by atoms with van der Waals surface area (Å²) in [6.07, 6.45) is 12.1. The summed E-state index contributed by atoms with van der Waals surface area (Å²) in [4.78, 5) is 11.6. The summed E-state index contributed by atoms with van der Waals surface area (Å²) < 4.78 is 11.0. The predicted molar refractivity (Wildman–Crippen MR) is 94.6 cm³/mol. The lowest BCUT2D eigenvalue weighted by Gasteiger charge is -2.23. The average Bonchev–Trinajstić information content (AvgIpc) is 2.48. The molecule has 1 rings (SSSR count). The molecule has 1 aliphatic heterocycles. The molecule has 1 saturated heterocycles. The standard InChI is InChI=1S/C19H37NO3/c1-19(2,3)23-18(21)13-11-9-7-5-4-6-8-10-12-17-16-20-14-15-22-17/h17,20H,4-16H2,1-3H3. The van der Waals surface area contributed by atoms with Crippen molar-refractivity contribution in [2.75, 3.05) is 19.7 Å². The van der Waals surface area contributed by atoms with Gasteiger partial charge in [-0.3, -0.25) is 4.79 Å². The first-order valence-electron chi connectivity index (χ1n) is 9.51. The maximum absolute atomic E-state index is 11.6. The second kappa shape index (κ2) is 11.9. The number of carbonyl (C=O) groups excluding carboxylic acids is 1. The maximum atomic E-state index is 11.6. The number of morpholine rings is 1. The molecule has 0 saturated carbocycles. The van der Waals surface area contributed by atoms with Crippen molar-refractivity contribution in [3.8, 4) is 0 Å². The van der Waals surface area contributed by atoms with Gasteiger partial charge in [0, 0.05) is 19.5 Å². The first kappa shape index (κ1) is 20.4. The van der Waals surface area contributed by atoms with E-state index in [-0.39, 0.29) is 11.6 Å². The van der Waals surface area contributed by atoms with E-state index in [9.17, 15) is 4.79 Å². The van der Waals surface area contributed by atoms with Gasteiger partial charge in [-0.25, -0.2) is 0 Å². The van der Waals surface area contributed by atoms with Crippen LogP contribution < -0.4 is 5.32 Å². The fourth-order valence-electron chi connectivity index (χ4n) is 2.90. The first-order valence-corrected chi connectivity index (χ1v) is 9.51. The van der Waals surface area contributed by atoms with E-state index in [0.29, 0.717) is 12.5 Å². The minimum Gasteiger partial charge on any atom is -0.460 e. The summed E-state index contributed by atoms with van der Waals surface area (Å²) in [7, 11) is 0. The second-order valence-corrected chi connectivity index (χ2v) is 7.65. The Kier molecular flexibility index (Phi) is 10.5. The van der Waals surface area contributed by atoms with Crippen molar-refractivity contribution >= 4 is 5.97 Å². The molecule has 1 fully saturated rings. The maximum Gasteiger partial charge on any atom is 0.306 e. The molecule has 1 aliphatic rings. The van der Waals surface area contributed by atoms with E-state index >= 15 is 0 Å². The van der Waals surface area contributed by atoms with Crippen molar-refractivity contribution < 1.29 is 14.3 Å². The van der Waals surface area contributed by atoms with Gasteiger partial charge in [0.2, 0.25) is 0 Å². The number of carbonyl (C=O) groups is 1. The summed E-state index contributed by atoms with van der Waals surface area (Å²) >= 11 is 0. The summed E-state index contributed by atoms with van der Waals surface area (Å²) in [5, 5.41) is 3.38. The zero-order valence-electron chi connectivity index (χ0n) is 15.5. The Morgan fingerprint density at radius 1 is 1.04 bits per heavy atom. The monoisotopic (exact) mass is 327 g/mol. The molecule has 4 nitrogen and oxygen atoms in total. The number of ether oxygens (including phenoxy) is 2. The van der Waals surface area contributed by atoms with Gasteiger partial charge in [0.15, 0.2) is 0 Å². The van der Waals surface area contributed by atoms with Gasteiger partial charge >= 0.3 is 5.97 Å². The minimum atomic E-state index is -0.351. The Hall–Kier alpha value is -0.610. The molecule has 0 spiro atoms. The highest BCUT2D eigenvalue weighted by atomic mass is 16.6. The van der Waals surface area contributed by atoms with Crippen molar-refractivity contribution in [2.24, 2.45) is 0 Å². The second-order valence-electron chi connectivity index (χ2n) is 7.65. The van der Waals surface area contributed by atoms with Crippen LogP contribution in [0.25, 0.3) is 0 Å². The van der Waals surface area contributed by atoms with Crippen molar-refractivity contribution in [3.05, 3.63) is 0 Å². The number of esters is 1. The Bertz CT molecular complexity index is 306. The van der Waals surface area contributed by atoms with Crippen LogP contribution in [0.4, 0.5) is 0 Å². The molecule has 0 bridgehead atoms. The average molecular weight is 328 g/mol. The van der Waals surface area contributed by atoms with Crippen LogP contribution in [0, 0.1) is 0 Å². The van der Waals surface area contributed by atoms with E-state index in [4.69, 9.17) is 9.47 Å². The lowest BCUT2D eigenvalue weighted by molar-refractivity contribution is -0.154. The third kappa shape index (κ3) is 12.5. The Morgan fingerprint density at radius 3 is 2.22 bits per heavy atom. The molecule has 0 aromatic rings. The molecule has 0 aromatic carbocycles. The zero-order chi connectivity index (χ0) is 17.0. The van der Waals surface area contributed by atoms with Crippen molar-refractivity contribution in [1.29, 1.82) is 0 Å². The molecule has 1 atom stereocenters. The van der Waals surface area contributed by atoms with Gasteiger partial charge in [-0.1, -0.05) is 44.9 Å². The Morgan fingerprint density at radius 2 is 1.65 bits per heavy atom. The summed E-state index contributed by atoms with van der Waals surface area (Å²) in [5.74, 6) is -0.0584. The van der Waals surface area contributed by atoms with Gasteiger partial charge in [-0.05, 0) is 33.6 Å². The molecule has 1 unspecified atom stereocenters. The highest BCUT2D eigenvalue weighted by Crippen LogP contribution is 2.14. The predicted octanol–water partition coefficient (Wildman–Crippen LogP) is 4.22. The number of nitrogens with one attached hydrogen (secondary N) is 1. The van der Waals surface area contributed by atoms with Gasteiger partial charge in [0.1, 0.15) is 5.60 Å². The third-order valence-electron chi connectivity index (χ3n) is 4.08. The SMILES string of the molecule is CC(C)(C)OC(=O)CCCCCCCCCCC1CNCCO1. The van der Waals surface area contributed by atoms with E-state index < -0.39 is 0 Å². The topological polar surface area (TPSA) is 47.6 Å². The summed E-state index contributed by atoms with van der Waals surface area (Å²) in [6, 6.07) is 0. The molecule has 4 heteroatoms. The summed E-state index contributed by atoms with van der Waals surface area (Å²) in [5.41, 5.74) is -0.351. The van der Waals surface area contributed by atoms with Crippen LogP contribution in [-0.2, 0) is 14.3 Å². The molecule has 0 radical (unpaired) electrons. The van der Waals surface area contributed by atoms with Crippen molar-refractivity contribution in [3.63, 3.8) is 0 Å². The van der Waals surface area contributed by atoms with Gasteiger partial charge in [0.25, 0.3) is 0 Å². The van der Waals surface area contributed by atoms with E-state index in [0.717, 1.165) is 32.5 Å². The molecular weight excluding hydrogens is 290 g/mol. The number of rotatable bonds is 11. The quantitative estimate of drug-likeness (QED) is 0.456. The van der Waals surface area contributed by atoms with Crippen LogP contribution in [0.2, 0.25) is 0 Å². The number of hydrogen-bond acceptors (Lipinski definition) is 4. The molecule has 23 heavy (non-hydrogen) atoms. The minimum absolute atomic E-state index is 0.0584. The lowest BCUT2D eigenvalue weighted by atomic mass is 10.0. The number of hydrogen-bond donors (Lipinski definition) is 1. The normalized spacial score (nSPS) is 18.8. The highest BCUT2D eigenvalue weighted by molar-refractivity contribution is 5.69. The van der Waals surface area contributed by atoms with E-state index in [1.165, 1.54) is 44.9 Å². The van der Waals surface area contributed by atoms with Gasteiger partial charge in [-0.15, -0.1) is 0 Å². The molecule has 1 N–H and O–H groups in total. The fraction of sp³-hybridized carbons (Fsp3) is 0.947. The smallest absolute Gasteiger partial charge is 0.306 e. The van der Waals surface area contributed by atoms with E-state index in [2.05, 4.69) is 5.32 Å². The molecule has 1 heterocycles. The fourth-order valence-corrected chi connectivity index (χ4v) is 2.90. The van der Waals surface area contributed by atoms with Crippen molar-refractivity contribution in [1.82, 2.24) is 5.32 Å². The number of unbranched alkanes of at least 4 members (excludes halogenated alkanes) is 7. The highest BCUT2D eigenvalue weighted by Gasteiger charge is 2.15. The largest absolute Gasteiger partial charge is 0.460 e. The van der Waals surface area contributed by atoms with Crippen LogP contribution >= 0.6 is 0 Å². The molecule has 136 valence electrons. The zero-order valence-corrected chi connectivity index (χ0v) is 15.5.